The van der Waals surface area contributed by atoms with E-state index in [1.54, 1.807) is 23.0 Å². The zero-order chi connectivity index (χ0) is 19.8. The Morgan fingerprint density at radius 2 is 1.71 bits per heavy atom. The number of rotatable bonds is 4. The highest BCUT2D eigenvalue weighted by Crippen LogP contribution is 2.22. The van der Waals surface area contributed by atoms with Crippen LogP contribution in [0.2, 0.25) is 0 Å². The molecule has 0 aliphatic heterocycles. The van der Waals surface area contributed by atoms with Crippen molar-refractivity contribution < 1.29 is 5.11 Å². The number of aliphatic hydroxyl groups is 1. The second-order valence-corrected chi connectivity index (χ2v) is 7.34. The van der Waals surface area contributed by atoms with Gasteiger partial charge in [0.05, 0.1) is 18.3 Å². The summed E-state index contributed by atoms with van der Waals surface area (Å²) in [6, 6.07) is 15.7. The van der Waals surface area contributed by atoms with E-state index in [1.165, 1.54) is 15.7 Å². The van der Waals surface area contributed by atoms with Crippen molar-refractivity contribution in [1.82, 2.24) is 14.2 Å². The van der Waals surface area contributed by atoms with Gasteiger partial charge in [0.15, 0.2) is 0 Å². The first-order valence-electron chi connectivity index (χ1n) is 9.33. The first-order valence-corrected chi connectivity index (χ1v) is 9.33. The fourth-order valence-electron chi connectivity index (χ4n) is 3.29. The SMILES string of the molecule is Cc1ccc([C@H](O)Cn2ccn3nc(-c4ccc(C)c(C)c4)cc3c2=O)cc1. The number of benzene rings is 2. The fraction of sp³-hybridized carbons (Fsp3) is 0.217. The van der Waals surface area contributed by atoms with E-state index in [-0.39, 0.29) is 12.1 Å². The largest absolute Gasteiger partial charge is 0.387 e. The van der Waals surface area contributed by atoms with E-state index < -0.39 is 6.10 Å². The van der Waals surface area contributed by atoms with Crippen LogP contribution in [0.4, 0.5) is 0 Å². The van der Waals surface area contributed by atoms with Gasteiger partial charge in [-0.05, 0) is 49.6 Å². The van der Waals surface area contributed by atoms with E-state index in [9.17, 15) is 9.90 Å². The van der Waals surface area contributed by atoms with Crippen LogP contribution in [-0.2, 0) is 6.54 Å². The molecule has 5 nitrogen and oxygen atoms in total. The lowest BCUT2D eigenvalue weighted by Crippen LogP contribution is -2.24. The lowest BCUT2D eigenvalue weighted by Gasteiger charge is -2.13. The average Bonchev–Trinajstić information content (AvgIpc) is 3.12. The molecule has 5 heteroatoms. The molecule has 1 N–H and O–H groups in total. The van der Waals surface area contributed by atoms with Crippen molar-refractivity contribution in [3.05, 3.63) is 93.5 Å². The molecule has 4 aromatic rings. The van der Waals surface area contributed by atoms with Crippen molar-refractivity contribution >= 4 is 5.52 Å². The molecule has 0 spiro atoms. The summed E-state index contributed by atoms with van der Waals surface area (Å²) in [5, 5.41) is 15.1. The van der Waals surface area contributed by atoms with Gasteiger partial charge < -0.3 is 9.67 Å². The van der Waals surface area contributed by atoms with E-state index in [2.05, 4.69) is 31.1 Å². The van der Waals surface area contributed by atoms with Gasteiger partial charge in [0, 0.05) is 18.0 Å². The van der Waals surface area contributed by atoms with E-state index in [0.717, 1.165) is 22.4 Å². The Kier molecular flexibility index (Phi) is 4.61. The van der Waals surface area contributed by atoms with Crippen LogP contribution in [0.25, 0.3) is 16.8 Å². The van der Waals surface area contributed by atoms with Gasteiger partial charge in [0.2, 0.25) is 0 Å². The zero-order valence-corrected chi connectivity index (χ0v) is 16.3. The molecule has 0 aliphatic carbocycles. The van der Waals surface area contributed by atoms with Crippen molar-refractivity contribution in [3.8, 4) is 11.3 Å². The Morgan fingerprint density at radius 3 is 2.43 bits per heavy atom. The summed E-state index contributed by atoms with van der Waals surface area (Å²) >= 11 is 0. The summed E-state index contributed by atoms with van der Waals surface area (Å²) in [5.41, 5.74) is 6.40. The van der Waals surface area contributed by atoms with Crippen molar-refractivity contribution in [1.29, 1.82) is 0 Å². The third-order valence-electron chi connectivity index (χ3n) is 5.24. The van der Waals surface area contributed by atoms with Gasteiger partial charge in [-0.15, -0.1) is 0 Å². The van der Waals surface area contributed by atoms with Crippen LogP contribution in [0, 0.1) is 20.8 Å². The lowest BCUT2D eigenvalue weighted by molar-refractivity contribution is 0.155. The average molecular weight is 373 g/mol. The summed E-state index contributed by atoms with van der Waals surface area (Å²) < 4.78 is 3.13. The Morgan fingerprint density at radius 1 is 0.964 bits per heavy atom. The molecule has 2 heterocycles. The highest BCUT2D eigenvalue weighted by molar-refractivity contribution is 5.66. The number of fused-ring (bicyclic) bond motifs is 1. The van der Waals surface area contributed by atoms with Gasteiger partial charge in [-0.2, -0.15) is 5.10 Å². The molecule has 0 saturated heterocycles. The Hall–Kier alpha value is -3.18. The third kappa shape index (κ3) is 3.37. The highest BCUT2D eigenvalue weighted by Gasteiger charge is 2.13. The fourth-order valence-corrected chi connectivity index (χ4v) is 3.29. The van der Waals surface area contributed by atoms with Crippen molar-refractivity contribution in [2.24, 2.45) is 0 Å². The molecule has 0 unspecified atom stereocenters. The minimum Gasteiger partial charge on any atom is -0.387 e. The predicted molar refractivity (Wildman–Crippen MR) is 111 cm³/mol. The zero-order valence-electron chi connectivity index (χ0n) is 16.3. The summed E-state index contributed by atoms with van der Waals surface area (Å²) in [6.45, 7) is 6.33. The van der Waals surface area contributed by atoms with Gasteiger partial charge in [0.1, 0.15) is 5.52 Å². The normalized spacial score (nSPS) is 12.4. The molecule has 4 rings (SSSR count). The first kappa shape index (κ1) is 18.2. The van der Waals surface area contributed by atoms with Gasteiger partial charge in [-0.3, -0.25) is 4.79 Å². The molecule has 0 fully saturated rings. The van der Waals surface area contributed by atoms with Crippen LogP contribution < -0.4 is 5.56 Å². The van der Waals surface area contributed by atoms with Crippen LogP contribution in [0.15, 0.2) is 65.7 Å². The molecule has 0 aliphatic rings. The number of aliphatic hydroxyl groups excluding tert-OH is 1. The third-order valence-corrected chi connectivity index (χ3v) is 5.24. The van der Waals surface area contributed by atoms with Crippen molar-refractivity contribution in [2.45, 2.75) is 33.4 Å². The first-order chi connectivity index (χ1) is 13.4. The van der Waals surface area contributed by atoms with Crippen LogP contribution in [0.5, 0.6) is 0 Å². The maximum absolute atomic E-state index is 12.9. The molecular formula is C23H23N3O2. The minimum atomic E-state index is -0.747. The van der Waals surface area contributed by atoms with Crippen molar-refractivity contribution in [3.63, 3.8) is 0 Å². The number of nitrogens with zero attached hydrogens (tertiary/aromatic N) is 3. The predicted octanol–water partition coefficient (Wildman–Crippen LogP) is 3.82. The number of aryl methyl sites for hydroxylation is 3. The Labute approximate surface area is 163 Å². The van der Waals surface area contributed by atoms with E-state index in [0.29, 0.717) is 5.52 Å². The Bertz CT molecular complexity index is 1200. The summed E-state index contributed by atoms with van der Waals surface area (Å²) in [4.78, 5) is 12.9. The molecular weight excluding hydrogens is 350 g/mol. The maximum Gasteiger partial charge on any atom is 0.276 e. The molecule has 2 aromatic carbocycles. The molecule has 1 atom stereocenters. The monoisotopic (exact) mass is 373 g/mol. The summed E-state index contributed by atoms with van der Waals surface area (Å²) in [7, 11) is 0. The molecule has 28 heavy (non-hydrogen) atoms. The molecule has 0 radical (unpaired) electrons. The number of hydrogen-bond donors (Lipinski definition) is 1. The van der Waals surface area contributed by atoms with E-state index >= 15 is 0 Å². The van der Waals surface area contributed by atoms with E-state index in [1.807, 2.05) is 37.3 Å². The number of aromatic nitrogens is 3. The van der Waals surface area contributed by atoms with Crippen LogP contribution in [-0.4, -0.2) is 19.3 Å². The smallest absolute Gasteiger partial charge is 0.276 e. The molecule has 142 valence electrons. The van der Waals surface area contributed by atoms with Gasteiger partial charge in [-0.1, -0.05) is 42.0 Å². The standard InChI is InChI=1S/C23H23N3O2/c1-15-4-7-18(8-5-15)22(27)14-25-10-11-26-21(23(25)28)13-20(24-26)19-9-6-16(2)17(3)12-19/h4-13,22,27H,14H2,1-3H3/t22-/m1/s1. The maximum atomic E-state index is 12.9. The molecule has 0 amide bonds. The van der Waals surface area contributed by atoms with Crippen LogP contribution >= 0.6 is 0 Å². The molecule has 2 aromatic heterocycles. The molecule has 0 saturated carbocycles. The minimum absolute atomic E-state index is 0.170. The second-order valence-electron chi connectivity index (χ2n) is 7.34. The molecule has 0 bridgehead atoms. The highest BCUT2D eigenvalue weighted by atomic mass is 16.3. The quantitative estimate of drug-likeness (QED) is 0.592. The van der Waals surface area contributed by atoms with Crippen LogP contribution in [0.3, 0.4) is 0 Å². The van der Waals surface area contributed by atoms with Gasteiger partial charge in [0.25, 0.3) is 5.56 Å². The summed E-state index contributed by atoms with van der Waals surface area (Å²) in [5.74, 6) is 0. The summed E-state index contributed by atoms with van der Waals surface area (Å²) in [6.07, 6.45) is 2.68. The van der Waals surface area contributed by atoms with Crippen molar-refractivity contribution in [2.75, 3.05) is 0 Å². The lowest BCUT2D eigenvalue weighted by atomic mass is 10.0. The second kappa shape index (κ2) is 7.09. The number of hydrogen-bond acceptors (Lipinski definition) is 3. The van der Waals surface area contributed by atoms with Crippen LogP contribution in [0.1, 0.15) is 28.4 Å². The van der Waals surface area contributed by atoms with Gasteiger partial charge in [-0.25, -0.2) is 4.52 Å². The van der Waals surface area contributed by atoms with E-state index in [4.69, 9.17) is 0 Å². The van der Waals surface area contributed by atoms with Gasteiger partial charge >= 0.3 is 0 Å². The Balaban J connectivity index is 1.68. The topological polar surface area (TPSA) is 59.5 Å².